The molecule has 2 heterocycles. The Labute approximate surface area is 119 Å². The average molecular weight is 282 g/mol. The number of hydrogen-bond acceptors (Lipinski definition) is 3. The third-order valence-electron chi connectivity index (χ3n) is 4.13. The Morgan fingerprint density at radius 3 is 3.16 bits per heavy atom. The van der Waals surface area contributed by atoms with Gasteiger partial charge in [-0.3, -0.25) is 4.90 Å². The third-order valence-corrected chi connectivity index (χ3v) is 4.37. The van der Waals surface area contributed by atoms with Crippen LogP contribution in [0.4, 0.5) is 0 Å². The number of nitrogens with zero attached hydrogens (tertiary/aromatic N) is 1. The predicted octanol–water partition coefficient (Wildman–Crippen LogP) is 2.35. The molecule has 19 heavy (non-hydrogen) atoms. The van der Waals surface area contributed by atoms with E-state index in [9.17, 15) is 0 Å². The van der Waals surface area contributed by atoms with Crippen LogP contribution in [0.2, 0.25) is 5.02 Å². The summed E-state index contributed by atoms with van der Waals surface area (Å²) in [5.41, 5.74) is 1.23. The predicted molar refractivity (Wildman–Crippen MR) is 75.8 cm³/mol. The molecular weight excluding hydrogens is 262 g/mol. The van der Waals surface area contributed by atoms with Gasteiger partial charge in [0.05, 0.1) is 0 Å². The van der Waals surface area contributed by atoms with Crippen LogP contribution in [0.5, 0.6) is 5.75 Å². The molecule has 104 valence electrons. The molecule has 0 spiro atoms. The zero-order valence-corrected chi connectivity index (χ0v) is 11.8. The Bertz CT molecular complexity index is 452. The zero-order chi connectivity index (χ0) is 13.2. The molecule has 1 N–H and O–H groups in total. The van der Waals surface area contributed by atoms with E-state index in [1.807, 2.05) is 18.2 Å². The molecule has 0 amide bonds. The van der Waals surface area contributed by atoms with Crippen LogP contribution in [0.1, 0.15) is 18.4 Å². The van der Waals surface area contributed by atoms with Crippen molar-refractivity contribution in [3.05, 3.63) is 28.8 Å². The van der Waals surface area contributed by atoms with Gasteiger partial charge in [-0.1, -0.05) is 11.6 Å². The first-order valence-electron chi connectivity index (χ1n) is 7.03. The molecule has 0 aromatic heterocycles. The van der Waals surface area contributed by atoms with Crippen LogP contribution in [0.3, 0.4) is 0 Å². The van der Waals surface area contributed by atoms with Crippen molar-refractivity contribution in [1.29, 1.82) is 0 Å². The van der Waals surface area contributed by atoms with Crippen molar-refractivity contribution in [1.82, 2.24) is 4.90 Å². The summed E-state index contributed by atoms with van der Waals surface area (Å²) < 4.78 is 5.97. The average Bonchev–Trinajstić information content (AvgIpc) is 2.96. The highest BCUT2D eigenvalue weighted by Crippen LogP contribution is 2.32. The van der Waals surface area contributed by atoms with Crippen LogP contribution in [0, 0.1) is 5.92 Å². The van der Waals surface area contributed by atoms with Gasteiger partial charge in [-0.15, -0.1) is 0 Å². The maximum absolute atomic E-state index is 8.99. The lowest BCUT2D eigenvalue weighted by atomic mass is 10.1. The molecule has 1 saturated heterocycles. The number of rotatable bonds is 4. The number of hydrogen-bond donors (Lipinski definition) is 1. The number of aliphatic hydroxyl groups excluding tert-OH is 1. The maximum atomic E-state index is 8.99. The molecular formula is C15H20ClNO2. The second kappa shape index (κ2) is 5.70. The Hall–Kier alpha value is -0.770. The Morgan fingerprint density at radius 1 is 1.42 bits per heavy atom. The van der Waals surface area contributed by atoms with E-state index in [1.165, 1.54) is 12.0 Å². The summed E-state index contributed by atoms with van der Waals surface area (Å²) in [4.78, 5) is 2.46. The summed E-state index contributed by atoms with van der Waals surface area (Å²) in [5, 5.41) is 9.77. The normalized spacial score (nSPS) is 26.4. The van der Waals surface area contributed by atoms with Gasteiger partial charge in [-0.25, -0.2) is 0 Å². The summed E-state index contributed by atoms with van der Waals surface area (Å²) in [6.07, 6.45) is 3.34. The van der Waals surface area contributed by atoms with Gasteiger partial charge in [0, 0.05) is 31.1 Å². The number of ether oxygens (including phenoxy) is 1. The van der Waals surface area contributed by atoms with Gasteiger partial charge < -0.3 is 9.84 Å². The molecule has 1 fully saturated rings. The topological polar surface area (TPSA) is 32.7 Å². The zero-order valence-electron chi connectivity index (χ0n) is 11.0. The molecule has 3 nitrogen and oxygen atoms in total. The van der Waals surface area contributed by atoms with Gasteiger partial charge in [0.25, 0.3) is 0 Å². The van der Waals surface area contributed by atoms with Crippen LogP contribution in [-0.2, 0) is 6.42 Å². The lowest BCUT2D eigenvalue weighted by Gasteiger charge is -2.20. The molecule has 0 aliphatic carbocycles. The van der Waals surface area contributed by atoms with E-state index in [0.29, 0.717) is 12.5 Å². The molecule has 0 bridgehead atoms. The standard InChI is InChI=1S/C15H20ClNO2/c16-13-1-2-15-12(7-13)8-14(19-15)10-17-5-3-11(9-17)4-6-18/h1-2,7,11,14,18H,3-6,8-10H2. The molecule has 2 atom stereocenters. The molecule has 0 saturated carbocycles. The molecule has 2 unspecified atom stereocenters. The summed E-state index contributed by atoms with van der Waals surface area (Å²) in [5.74, 6) is 1.64. The Morgan fingerprint density at radius 2 is 2.32 bits per heavy atom. The first-order chi connectivity index (χ1) is 9.24. The first kappa shape index (κ1) is 13.2. The van der Waals surface area contributed by atoms with E-state index >= 15 is 0 Å². The number of fused-ring (bicyclic) bond motifs is 1. The number of aliphatic hydroxyl groups is 1. The minimum absolute atomic E-state index is 0.251. The number of likely N-dealkylation sites (tertiary alicyclic amines) is 1. The third kappa shape index (κ3) is 3.04. The molecule has 1 aromatic carbocycles. The van der Waals surface area contributed by atoms with Crippen molar-refractivity contribution >= 4 is 11.6 Å². The van der Waals surface area contributed by atoms with Gasteiger partial charge in [-0.05, 0) is 49.1 Å². The van der Waals surface area contributed by atoms with Crippen molar-refractivity contribution in [2.75, 3.05) is 26.2 Å². The fourth-order valence-electron chi connectivity index (χ4n) is 3.18. The van der Waals surface area contributed by atoms with Gasteiger partial charge in [0.2, 0.25) is 0 Å². The summed E-state index contributed by atoms with van der Waals surface area (Å²) in [6.45, 7) is 3.51. The van der Waals surface area contributed by atoms with Crippen molar-refractivity contribution in [2.24, 2.45) is 5.92 Å². The first-order valence-corrected chi connectivity index (χ1v) is 7.40. The highest BCUT2D eigenvalue weighted by atomic mass is 35.5. The highest BCUT2D eigenvalue weighted by molar-refractivity contribution is 6.30. The van der Waals surface area contributed by atoms with E-state index in [-0.39, 0.29) is 6.10 Å². The van der Waals surface area contributed by atoms with E-state index in [4.69, 9.17) is 21.4 Å². The molecule has 0 radical (unpaired) electrons. The molecule has 1 aromatic rings. The van der Waals surface area contributed by atoms with E-state index in [1.54, 1.807) is 0 Å². The van der Waals surface area contributed by atoms with Gasteiger partial charge in [-0.2, -0.15) is 0 Å². The lowest BCUT2D eigenvalue weighted by molar-refractivity contribution is 0.163. The minimum Gasteiger partial charge on any atom is -0.488 e. The number of halogens is 1. The maximum Gasteiger partial charge on any atom is 0.123 e. The monoisotopic (exact) mass is 281 g/mol. The smallest absolute Gasteiger partial charge is 0.123 e. The van der Waals surface area contributed by atoms with Crippen molar-refractivity contribution in [3.8, 4) is 5.75 Å². The molecule has 2 aliphatic heterocycles. The second-order valence-corrected chi connectivity index (χ2v) is 6.06. The summed E-state index contributed by atoms with van der Waals surface area (Å²) >= 11 is 6.01. The van der Waals surface area contributed by atoms with Crippen LogP contribution >= 0.6 is 11.6 Å². The lowest BCUT2D eigenvalue weighted by Crippen LogP contribution is -2.33. The summed E-state index contributed by atoms with van der Waals surface area (Å²) in [6, 6.07) is 5.86. The SMILES string of the molecule is OCCC1CCN(CC2Cc3cc(Cl)ccc3O2)C1. The van der Waals surface area contributed by atoms with Gasteiger partial charge >= 0.3 is 0 Å². The van der Waals surface area contributed by atoms with E-state index in [2.05, 4.69) is 4.90 Å². The largest absolute Gasteiger partial charge is 0.488 e. The van der Waals surface area contributed by atoms with Crippen molar-refractivity contribution in [3.63, 3.8) is 0 Å². The van der Waals surface area contributed by atoms with Crippen LogP contribution in [0.25, 0.3) is 0 Å². The van der Waals surface area contributed by atoms with E-state index < -0.39 is 0 Å². The number of benzene rings is 1. The van der Waals surface area contributed by atoms with Gasteiger partial charge in [0.1, 0.15) is 11.9 Å². The van der Waals surface area contributed by atoms with Crippen LogP contribution in [-0.4, -0.2) is 42.4 Å². The summed E-state index contributed by atoms with van der Waals surface area (Å²) in [7, 11) is 0. The van der Waals surface area contributed by atoms with Gasteiger partial charge in [0.15, 0.2) is 0 Å². The Balaban J connectivity index is 1.54. The molecule has 4 heteroatoms. The van der Waals surface area contributed by atoms with E-state index in [0.717, 1.165) is 43.2 Å². The molecule has 2 aliphatic rings. The Kier molecular flexibility index (Phi) is 3.96. The van der Waals surface area contributed by atoms with Crippen molar-refractivity contribution in [2.45, 2.75) is 25.4 Å². The highest BCUT2D eigenvalue weighted by Gasteiger charge is 2.28. The van der Waals surface area contributed by atoms with Crippen molar-refractivity contribution < 1.29 is 9.84 Å². The quantitative estimate of drug-likeness (QED) is 0.920. The second-order valence-electron chi connectivity index (χ2n) is 5.62. The fourth-order valence-corrected chi connectivity index (χ4v) is 3.37. The van der Waals surface area contributed by atoms with Crippen LogP contribution < -0.4 is 4.74 Å². The fraction of sp³-hybridized carbons (Fsp3) is 0.600. The molecule has 3 rings (SSSR count). The van der Waals surface area contributed by atoms with Crippen LogP contribution in [0.15, 0.2) is 18.2 Å². The minimum atomic E-state index is 0.251.